The van der Waals surface area contributed by atoms with E-state index in [1.807, 2.05) is 18.2 Å². The van der Waals surface area contributed by atoms with Crippen LogP contribution in [0.1, 0.15) is 65.7 Å². The van der Waals surface area contributed by atoms with Crippen molar-refractivity contribution in [2.45, 2.75) is 95.0 Å². The highest BCUT2D eigenvalue weighted by Gasteiger charge is 2.61. The van der Waals surface area contributed by atoms with E-state index >= 15 is 0 Å². The van der Waals surface area contributed by atoms with Crippen LogP contribution in [-0.2, 0) is 19.1 Å². The monoisotopic (exact) mass is 688 g/mol. The van der Waals surface area contributed by atoms with Gasteiger partial charge < -0.3 is 34.9 Å². The number of amides is 3. The highest BCUT2D eigenvalue weighted by Crippen LogP contribution is 2.45. The molecule has 2 fully saturated rings. The predicted molar refractivity (Wildman–Crippen MR) is 182 cm³/mol. The Balaban J connectivity index is 1.34. The molecular formula is C36H44N6O8. The van der Waals surface area contributed by atoms with Gasteiger partial charge in [0.15, 0.2) is 5.82 Å². The van der Waals surface area contributed by atoms with Crippen LogP contribution in [0.2, 0.25) is 0 Å². The minimum absolute atomic E-state index is 0.0178. The van der Waals surface area contributed by atoms with E-state index in [1.165, 1.54) is 4.90 Å². The summed E-state index contributed by atoms with van der Waals surface area (Å²) in [5, 5.41) is 20.7. The Morgan fingerprint density at radius 2 is 1.96 bits per heavy atom. The number of benzene rings is 1. The molecule has 1 aliphatic carbocycles. The third-order valence-corrected chi connectivity index (χ3v) is 9.31. The fourth-order valence-corrected chi connectivity index (χ4v) is 6.69. The number of methoxy groups -OCH3 is 1. The quantitative estimate of drug-likeness (QED) is 0.319. The summed E-state index contributed by atoms with van der Waals surface area (Å²) in [7, 11) is 1.57. The standard InChI is InChI=1S/C36H44N6O8/c1-35(2,3)50-34(47)39-26-12-9-7-5-6-8-11-22-20-36(22,33(45)46)40-31(43)28-18-24(21-41(28)32(26)44)49-29-19-30(42-16-10-15-37-42)38-27-17-23(48-4)13-14-25(27)29/h8,10-11,13-17,19,22,24,26,28H,5-7,9,12,18,20-21H2,1-4H3,(H,39,47)(H,40,43)(H,45,46)/b11-8-/t22-,24-,26-,28+,36-/m1/s1. The molecule has 2 aliphatic heterocycles. The van der Waals surface area contributed by atoms with Crippen LogP contribution >= 0.6 is 0 Å². The highest BCUT2D eigenvalue weighted by molar-refractivity contribution is 5.96. The first kappa shape index (κ1) is 34.7. The van der Waals surface area contributed by atoms with Gasteiger partial charge >= 0.3 is 12.1 Å². The van der Waals surface area contributed by atoms with E-state index < -0.39 is 53.2 Å². The van der Waals surface area contributed by atoms with Crippen LogP contribution in [0, 0.1) is 5.92 Å². The molecule has 50 heavy (non-hydrogen) atoms. The van der Waals surface area contributed by atoms with E-state index in [0.717, 1.165) is 19.3 Å². The summed E-state index contributed by atoms with van der Waals surface area (Å²) >= 11 is 0. The van der Waals surface area contributed by atoms with Crippen LogP contribution in [0.25, 0.3) is 16.7 Å². The second-order valence-electron chi connectivity index (χ2n) is 14.1. The average Bonchev–Trinajstić information content (AvgIpc) is 3.38. The maximum absolute atomic E-state index is 14.4. The summed E-state index contributed by atoms with van der Waals surface area (Å²) in [5.74, 6) is -0.973. The zero-order chi connectivity index (χ0) is 35.6. The third kappa shape index (κ3) is 7.53. The number of aromatic nitrogens is 3. The largest absolute Gasteiger partial charge is 0.497 e. The average molecular weight is 689 g/mol. The highest BCUT2D eigenvalue weighted by atomic mass is 16.6. The summed E-state index contributed by atoms with van der Waals surface area (Å²) < 4.78 is 19.1. The van der Waals surface area contributed by atoms with E-state index in [9.17, 15) is 24.3 Å². The minimum atomic E-state index is -1.45. The molecule has 6 rings (SSSR count). The van der Waals surface area contributed by atoms with Gasteiger partial charge in [0.2, 0.25) is 11.8 Å². The molecule has 2 aromatic heterocycles. The number of nitrogens with one attached hydrogen (secondary N) is 2. The molecule has 1 saturated heterocycles. The van der Waals surface area contributed by atoms with Crippen LogP contribution in [0.4, 0.5) is 4.79 Å². The molecule has 0 bridgehead atoms. The van der Waals surface area contributed by atoms with Gasteiger partial charge in [-0.25, -0.2) is 19.3 Å². The SMILES string of the molecule is COc1ccc2c(O[C@@H]3C[C@H]4C(=O)N[C@]5(C(=O)O)C[C@H]5/C=C\CCCCC[C@@H](NC(=O)OC(C)(C)C)C(=O)N4C3)cc(-n3cccn3)nc2c1. The van der Waals surface area contributed by atoms with Crippen LogP contribution in [0.3, 0.4) is 0 Å². The maximum Gasteiger partial charge on any atom is 0.408 e. The Bertz CT molecular complexity index is 1790. The molecule has 4 heterocycles. The van der Waals surface area contributed by atoms with Gasteiger partial charge in [0.1, 0.15) is 40.8 Å². The lowest BCUT2D eigenvalue weighted by Crippen LogP contribution is -2.56. The summed E-state index contributed by atoms with van der Waals surface area (Å²) in [5.41, 5.74) is -1.65. The maximum atomic E-state index is 14.4. The smallest absolute Gasteiger partial charge is 0.408 e. The molecule has 5 atom stereocenters. The lowest BCUT2D eigenvalue weighted by Gasteiger charge is -2.30. The molecule has 1 aromatic carbocycles. The van der Waals surface area contributed by atoms with E-state index in [4.69, 9.17) is 19.2 Å². The number of ether oxygens (including phenoxy) is 3. The number of carboxylic acids is 1. The molecule has 3 amide bonds. The number of rotatable bonds is 6. The van der Waals surface area contributed by atoms with Gasteiger partial charge in [0.05, 0.1) is 19.2 Å². The first-order valence-corrected chi connectivity index (χ1v) is 17.0. The number of pyridine rings is 1. The van der Waals surface area contributed by atoms with Crippen LogP contribution < -0.4 is 20.1 Å². The van der Waals surface area contributed by atoms with Gasteiger partial charge in [-0.05, 0) is 64.7 Å². The van der Waals surface area contributed by atoms with Crippen molar-refractivity contribution >= 4 is 34.8 Å². The lowest BCUT2D eigenvalue weighted by atomic mass is 10.0. The summed E-state index contributed by atoms with van der Waals surface area (Å²) in [6.07, 6.45) is 9.52. The van der Waals surface area contributed by atoms with E-state index in [2.05, 4.69) is 15.7 Å². The Morgan fingerprint density at radius 3 is 2.68 bits per heavy atom. The lowest BCUT2D eigenvalue weighted by molar-refractivity contribution is -0.145. The molecule has 1 saturated carbocycles. The van der Waals surface area contributed by atoms with Gasteiger partial charge in [-0.2, -0.15) is 5.10 Å². The van der Waals surface area contributed by atoms with Crippen LogP contribution in [0.15, 0.2) is 54.9 Å². The number of aliphatic carboxylic acids is 1. The summed E-state index contributed by atoms with van der Waals surface area (Å²) in [6.45, 7) is 5.23. The van der Waals surface area contributed by atoms with E-state index in [0.29, 0.717) is 41.1 Å². The number of fused-ring (bicyclic) bond motifs is 3. The second kappa shape index (κ2) is 14.0. The van der Waals surface area contributed by atoms with Crippen LogP contribution in [-0.4, -0.2) is 91.6 Å². The van der Waals surface area contributed by atoms with Crippen molar-refractivity contribution in [2.24, 2.45) is 5.92 Å². The fourth-order valence-electron chi connectivity index (χ4n) is 6.69. The molecule has 14 heteroatoms. The van der Waals surface area contributed by atoms with E-state index in [-0.39, 0.29) is 25.3 Å². The van der Waals surface area contributed by atoms with Gasteiger partial charge in [0, 0.05) is 42.3 Å². The van der Waals surface area contributed by atoms with Crippen LogP contribution in [0.5, 0.6) is 11.5 Å². The predicted octanol–water partition coefficient (Wildman–Crippen LogP) is 4.15. The molecule has 3 aromatic rings. The van der Waals surface area contributed by atoms with Crippen molar-refractivity contribution in [3.8, 4) is 17.3 Å². The first-order valence-electron chi connectivity index (χ1n) is 17.0. The topological polar surface area (TPSA) is 174 Å². The second-order valence-corrected chi connectivity index (χ2v) is 14.1. The van der Waals surface area contributed by atoms with Crippen molar-refractivity contribution in [3.63, 3.8) is 0 Å². The molecule has 3 N–H and O–H groups in total. The zero-order valence-corrected chi connectivity index (χ0v) is 28.8. The normalized spacial score (nSPS) is 26.4. The number of allylic oxidation sites excluding steroid dienone is 1. The number of hydrogen-bond acceptors (Lipinski definition) is 9. The number of nitrogens with zero attached hydrogens (tertiary/aromatic N) is 4. The Hall–Kier alpha value is -5.14. The molecule has 266 valence electrons. The Morgan fingerprint density at radius 1 is 1.14 bits per heavy atom. The Labute approximate surface area is 290 Å². The summed E-state index contributed by atoms with van der Waals surface area (Å²) in [4.78, 5) is 59.9. The molecular weight excluding hydrogens is 644 g/mol. The van der Waals surface area contributed by atoms with Crippen molar-refractivity contribution in [1.82, 2.24) is 30.3 Å². The first-order chi connectivity index (χ1) is 23.9. The summed E-state index contributed by atoms with van der Waals surface area (Å²) in [6, 6.07) is 6.89. The zero-order valence-electron chi connectivity index (χ0n) is 28.8. The van der Waals surface area contributed by atoms with Gasteiger partial charge in [-0.1, -0.05) is 25.0 Å². The molecule has 14 nitrogen and oxygen atoms in total. The number of hydrogen-bond donors (Lipinski definition) is 3. The van der Waals surface area contributed by atoms with Gasteiger partial charge in [-0.15, -0.1) is 0 Å². The number of carbonyl (C=O) groups excluding carboxylic acids is 3. The van der Waals surface area contributed by atoms with Crippen molar-refractivity contribution in [2.75, 3.05) is 13.7 Å². The van der Waals surface area contributed by atoms with Crippen molar-refractivity contribution < 1.29 is 38.5 Å². The molecule has 0 unspecified atom stereocenters. The third-order valence-electron chi connectivity index (χ3n) is 9.31. The van der Waals surface area contributed by atoms with Crippen molar-refractivity contribution in [1.29, 1.82) is 0 Å². The number of carboxylic acid groups (broad SMARTS) is 1. The Kier molecular flexibility index (Phi) is 9.72. The molecule has 0 spiro atoms. The number of alkyl carbamates (subject to hydrolysis) is 1. The van der Waals surface area contributed by atoms with E-state index in [1.54, 1.807) is 69.2 Å². The number of carbonyl (C=O) groups is 4. The minimum Gasteiger partial charge on any atom is -0.497 e. The van der Waals surface area contributed by atoms with Crippen molar-refractivity contribution in [3.05, 3.63) is 54.9 Å². The molecule has 0 radical (unpaired) electrons. The van der Waals surface area contributed by atoms with Gasteiger partial charge in [-0.3, -0.25) is 9.59 Å². The fraction of sp³-hybridized carbons (Fsp3) is 0.500. The molecule has 3 aliphatic rings. The van der Waals surface area contributed by atoms with Gasteiger partial charge in [0.25, 0.3) is 0 Å².